The maximum absolute atomic E-state index is 11.7. The molecule has 9 heteroatoms. The normalized spacial score (nSPS) is 18.6. The molecule has 1 aliphatic rings. The van der Waals surface area contributed by atoms with E-state index in [4.69, 9.17) is 5.73 Å². The third kappa shape index (κ3) is 2.76. The van der Waals surface area contributed by atoms with Crippen molar-refractivity contribution >= 4 is 23.4 Å². The van der Waals surface area contributed by atoms with Gasteiger partial charge in [-0.15, -0.1) is 0 Å². The first kappa shape index (κ1) is 14.0. The van der Waals surface area contributed by atoms with Crippen LogP contribution in [0.25, 0.3) is 0 Å². The van der Waals surface area contributed by atoms with Crippen molar-refractivity contribution in [1.82, 2.24) is 15.3 Å². The summed E-state index contributed by atoms with van der Waals surface area (Å²) in [5, 5.41) is 13.3. The van der Waals surface area contributed by atoms with E-state index in [0.29, 0.717) is 19.0 Å². The van der Waals surface area contributed by atoms with Crippen LogP contribution in [0.1, 0.15) is 12.8 Å². The largest absolute Gasteiger partial charge is 0.378 e. The summed E-state index contributed by atoms with van der Waals surface area (Å²) in [4.78, 5) is 31.5. The lowest BCUT2D eigenvalue weighted by atomic mass is 9.97. The van der Waals surface area contributed by atoms with Crippen LogP contribution in [0, 0.1) is 16.0 Å². The number of nitrogens with one attached hydrogen (secondary N) is 1. The zero-order chi connectivity index (χ0) is 14.7. The Bertz CT molecular complexity index is 535. The molecular weight excluding hydrogens is 264 g/mol. The molecule has 1 amide bonds. The van der Waals surface area contributed by atoms with E-state index >= 15 is 0 Å². The maximum atomic E-state index is 11.7. The van der Waals surface area contributed by atoms with Crippen LogP contribution in [-0.2, 0) is 4.79 Å². The zero-order valence-corrected chi connectivity index (χ0v) is 11.1. The number of nitrogens with two attached hydrogens (primary N) is 1. The molecule has 0 saturated carbocycles. The van der Waals surface area contributed by atoms with Crippen molar-refractivity contribution in [2.24, 2.45) is 5.92 Å². The fourth-order valence-corrected chi connectivity index (χ4v) is 2.25. The van der Waals surface area contributed by atoms with E-state index in [9.17, 15) is 14.9 Å². The third-order valence-electron chi connectivity index (χ3n) is 3.30. The van der Waals surface area contributed by atoms with Crippen LogP contribution in [0.2, 0.25) is 0 Å². The Kier molecular flexibility index (Phi) is 3.97. The number of amides is 1. The molecule has 9 nitrogen and oxygen atoms in total. The van der Waals surface area contributed by atoms with E-state index in [2.05, 4.69) is 15.3 Å². The fraction of sp³-hybridized carbons (Fsp3) is 0.545. The minimum absolute atomic E-state index is 0.0235. The molecule has 1 aromatic rings. The lowest BCUT2D eigenvalue weighted by Gasteiger charge is -2.31. The van der Waals surface area contributed by atoms with Crippen LogP contribution in [0.15, 0.2) is 6.20 Å². The lowest BCUT2D eigenvalue weighted by Crippen LogP contribution is -2.42. The van der Waals surface area contributed by atoms with Gasteiger partial charge in [0.2, 0.25) is 17.7 Å². The number of anilines is 2. The predicted octanol–water partition coefficient (Wildman–Crippen LogP) is -0.0706. The molecule has 0 spiro atoms. The number of rotatable bonds is 3. The Morgan fingerprint density at radius 2 is 2.40 bits per heavy atom. The summed E-state index contributed by atoms with van der Waals surface area (Å²) in [5.74, 6) is 0.00196. The topological polar surface area (TPSA) is 127 Å². The van der Waals surface area contributed by atoms with Gasteiger partial charge in [0, 0.05) is 20.1 Å². The van der Waals surface area contributed by atoms with E-state index in [1.54, 1.807) is 7.05 Å². The fourth-order valence-electron chi connectivity index (χ4n) is 2.25. The summed E-state index contributed by atoms with van der Waals surface area (Å²) in [6.45, 7) is 1.18. The number of nitro groups is 1. The van der Waals surface area contributed by atoms with E-state index in [1.165, 1.54) is 0 Å². The van der Waals surface area contributed by atoms with Crippen molar-refractivity contribution in [2.45, 2.75) is 12.8 Å². The van der Waals surface area contributed by atoms with Gasteiger partial charge in [-0.1, -0.05) is 0 Å². The minimum Gasteiger partial charge on any atom is -0.378 e. The molecule has 0 aromatic carbocycles. The van der Waals surface area contributed by atoms with Crippen LogP contribution < -0.4 is 16.0 Å². The highest BCUT2D eigenvalue weighted by Gasteiger charge is 2.27. The molecule has 1 saturated heterocycles. The first-order valence-electron chi connectivity index (χ1n) is 6.26. The van der Waals surface area contributed by atoms with Gasteiger partial charge in [-0.3, -0.25) is 14.9 Å². The van der Waals surface area contributed by atoms with E-state index in [-0.39, 0.29) is 23.3 Å². The molecule has 0 radical (unpaired) electrons. The van der Waals surface area contributed by atoms with Gasteiger partial charge in [-0.2, -0.15) is 4.98 Å². The maximum Gasteiger partial charge on any atom is 0.329 e. The summed E-state index contributed by atoms with van der Waals surface area (Å²) in [5.41, 5.74) is 5.24. The highest BCUT2D eigenvalue weighted by molar-refractivity contribution is 5.79. The molecule has 3 N–H and O–H groups in total. The van der Waals surface area contributed by atoms with Gasteiger partial charge < -0.3 is 16.0 Å². The van der Waals surface area contributed by atoms with Gasteiger partial charge in [-0.05, 0) is 12.8 Å². The predicted molar refractivity (Wildman–Crippen MR) is 72.1 cm³/mol. The number of nitrogens with zero attached hydrogens (tertiary/aromatic N) is 4. The number of hydrogen-bond donors (Lipinski definition) is 2. The standard InChI is InChI=1S/C11H16N6O3/c1-13-10(18)7-3-2-4-16(6-7)11-14-5-8(17(19)20)9(12)15-11/h5,7H,2-4,6H2,1H3,(H,13,18)(H2,12,14,15). The van der Waals surface area contributed by atoms with Crippen LogP contribution in [0.3, 0.4) is 0 Å². The number of hydrogen-bond acceptors (Lipinski definition) is 7. The minimum atomic E-state index is -0.622. The smallest absolute Gasteiger partial charge is 0.329 e. The van der Waals surface area contributed by atoms with Crippen molar-refractivity contribution in [3.8, 4) is 0 Å². The quantitative estimate of drug-likeness (QED) is 0.586. The SMILES string of the molecule is CNC(=O)C1CCCN(c2ncc([N+](=O)[O-])c(N)n2)C1. The van der Waals surface area contributed by atoms with Crippen molar-refractivity contribution in [3.63, 3.8) is 0 Å². The molecular formula is C11H16N6O3. The number of nitrogen functional groups attached to an aromatic ring is 1. The van der Waals surface area contributed by atoms with Crippen LogP contribution in [0.5, 0.6) is 0 Å². The van der Waals surface area contributed by atoms with Crippen molar-refractivity contribution in [1.29, 1.82) is 0 Å². The molecule has 2 rings (SSSR count). The Labute approximate surface area is 115 Å². The van der Waals surface area contributed by atoms with Crippen molar-refractivity contribution < 1.29 is 9.72 Å². The van der Waals surface area contributed by atoms with Crippen molar-refractivity contribution in [3.05, 3.63) is 16.3 Å². The Morgan fingerprint density at radius 1 is 1.65 bits per heavy atom. The zero-order valence-electron chi connectivity index (χ0n) is 11.1. The molecule has 1 fully saturated rings. The first-order chi connectivity index (χ1) is 9.52. The Hall–Kier alpha value is -2.45. The highest BCUT2D eigenvalue weighted by atomic mass is 16.6. The second-order valence-electron chi connectivity index (χ2n) is 4.60. The number of carbonyl (C=O) groups is 1. The second-order valence-corrected chi connectivity index (χ2v) is 4.60. The molecule has 20 heavy (non-hydrogen) atoms. The molecule has 0 aliphatic carbocycles. The van der Waals surface area contributed by atoms with Crippen molar-refractivity contribution in [2.75, 3.05) is 30.8 Å². The third-order valence-corrected chi connectivity index (χ3v) is 3.30. The van der Waals surface area contributed by atoms with Gasteiger partial charge in [0.15, 0.2) is 0 Å². The number of piperidine rings is 1. The van der Waals surface area contributed by atoms with Crippen LogP contribution in [0.4, 0.5) is 17.5 Å². The number of carbonyl (C=O) groups excluding carboxylic acids is 1. The molecule has 0 bridgehead atoms. The summed E-state index contributed by atoms with van der Waals surface area (Å²) >= 11 is 0. The summed E-state index contributed by atoms with van der Waals surface area (Å²) in [6, 6.07) is 0. The van der Waals surface area contributed by atoms with E-state index in [0.717, 1.165) is 19.0 Å². The Balaban J connectivity index is 2.17. The van der Waals surface area contributed by atoms with Crippen LogP contribution >= 0.6 is 0 Å². The van der Waals surface area contributed by atoms with E-state index < -0.39 is 4.92 Å². The summed E-state index contributed by atoms with van der Waals surface area (Å²) < 4.78 is 0. The van der Waals surface area contributed by atoms with Crippen LogP contribution in [-0.4, -0.2) is 40.9 Å². The van der Waals surface area contributed by atoms with Gasteiger partial charge in [-0.25, -0.2) is 4.98 Å². The molecule has 1 aliphatic heterocycles. The summed E-state index contributed by atoms with van der Waals surface area (Å²) in [7, 11) is 1.60. The molecule has 108 valence electrons. The van der Waals surface area contributed by atoms with Gasteiger partial charge >= 0.3 is 5.69 Å². The molecule has 2 heterocycles. The lowest BCUT2D eigenvalue weighted by molar-refractivity contribution is -0.384. The van der Waals surface area contributed by atoms with Gasteiger partial charge in [0.25, 0.3) is 0 Å². The van der Waals surface area contributed by atoms with Gasteiger partial charge in [0.05, 0.1) is 10.8 Å². The monoisotopic (exact) mass is 280 g/mol. The molecule has 1 unspecified atom stereocenters. The highest BCUT2D eigenvalue weighted by Crippen LogP contribution is 2.24. The molecule has 1 atom stereocenters. The second kappa shape index (κ2) is 5.68. The van der Waals surface area contributed by atoms with E-state index in [1.807, 2.05) is 4.90 Å². The average molecular weight is 280 g/mol. The Morgan fingerprint density at radius 3 is 3.00 bits per heavy atom. The summed E-state index contributed by atoms with van der Waals surface area (Å²) in [6.07, 6.45) is 2.73. The number of aromatic nitrogens is 2. The van der Waals surface area contributed by atoms with Gasteiger partial charge in [0.1, 0.15) is 6.20 Å². The average Bonchev–Trinajstić information content (AvgIpc) is 2.46. The molecule has 1 aromatic heterocycles. The first-order valence-corrected chi connectivity index (χ1v) is 6.26.